The van der Waals surface area contributed by atoms with Crippen molar-refractivity contribution in [1.82, 2.24) is 0 Å². The lowest BCUT2D eigenvalue weighted by Gasteiger charge is -2.09. The van der Waals surface area contributed by atoms with Crippen LogP contribution in [0.1, 0.15) is 6.92 Å². The van der Waals surface area contributed by atoms with Crippen LogP contribution in [0.4, 0.5) is 5.69 Å². The molecule has 0 spiro atoms. The number of aliphatic carboxylic acids is 1. The molecule has 7 heteroatoms. The van der Waals surface area contributed by atoms with Gasteiger partial charge in [0, 0.05) is 5.02 Å². The standard InChI is InChI=1S/C11H11Cl2NO3S/c1-6(11(16)17)18-5-10(15)14-9-4-7(12)2-3-8(9)13/h2-4,6H,5H2,1H3,(H,14,15)(H,16,17). The molecule has 0 aliphatic rings. The highest BCUT2D eigenvalue weighted by molar-refractivity contribution is 8.01. The van der Waals surface area contributed by atoms with Crippen LogP contribution in [0.5, 0.6) is 0 Å². The van der Waals surface area contributed by atoms with Crippen LogP contribution < -0.4 is 5.32 Å². The number of halogens is 2. The molecular formula is C11H11Cl2NO3S. The lowest BCUT2D eigenvalue weighted by Crippen LogP contribution is -2.19. The second kappa shape index (κ2) is 6.87. The number of hydrogen-bond acceptors (Lipinski definition) is 3. The van der Waals surface area contributed by atoms with Gasteiger partial charge in [-0.2, -0.15) is 0 Å². The largest absolute Gasteiger partial charge is 0.480 e. The highest BCUT2D eigenvalue weighted by Crippen LogP contribution is 2.25. The number of carboxylic acid groups (broad SMARTS) is 1. The minimum Gasteiger partial charge on any atom is -0.480 e. The van der Waals surface area contributed by atoms with Crippen molar-refractivity contribution in [1.29, 1.82) is 0 Å². The number of hydrogen-bond donors (Lipinski definition) is 2. The van der Waals surface area contributed by atoms with Gasteiger partial charge in [-0.1, -0.05) is 23.2 Å². The Hall–Kier alpha value is -0.910. The van der Waals surface area contributed by atoms with Crippen LogP contribution in [-0.2, 0) is 9.59 Å². The van der Waals surface area contributed by atoms with E-state index >= 15 is 0 Å². The SMILES string of the molecule is CC(SCC(=O)Nc1cc(Cl)ccc1Cl)C(=O)O. The topological polar surface area (TPSA) is 66.4 Å². The molecule has 4 nitrogen and oxygen atoms in total. The first-order chi connectivity index (χ1) is 8.40. The molecule has 1 rings (SSSR count). The molecule has 1 aromatic rings. The van der Waals surface area contributed by atoms with Gasteiger partial charge in [0.25, 0.3) is 0 Å². The van der Waals surface area contributed by atoms with Gasteiger partial charge >= 0.3 is 5.97 Å². The molecular weight excluding hydrogens is 297 g/mol. The molecule has 0 saturated carbocycles. The first kappa shape index (κ1) is 15.1. The number of amides is 1. The van der Waals surface area contributed by atoms with E-state index in [4.69, 9.17) is 28.3 Å². The predicted octanol–water partition coefficient (Wildman–Crippen LogP) is 3.14. The van der Waals surface area contributed by atoms with Crippen LogP contribution in [0, 0.1) is 0 Å². The Kier molecular flexibility index (Phi) is 5.78. The minimum atomic E-state index is -0.950. The zero-order valence-electron chi connectivity index (χ0n) is 9.44. The van der Waals surface area contributed by atoms with Crippen LogP contribution in [0.25, 0.3) is 0 Å². The van der Waals surface area contributed by atoms with Gasteiger partial charge in [0.15, 0.2) is 0 Å². The zero-order valence-corrected chi connectivity index (χ0v) is 11.8. The summed E-state index contributed by atoms with van der Waals surface area (Å²) in [6.45, 7) is 1.52. The van der Waals surface area contributed by atoms with Gasteiger partial charge in [0.1, 0.15) is 0 Å². The zero-order chi connectivity index (χ0) is 13.7. The number of benzene rings is 1. The quantitative estimate of drug-likeness (QED) is 0.877. The van der Waals surface area contributed by atoms with E-state index in [1.54, 1.807) is 12.1 Å². The van der Waals surface area contributed by atoms with Gasteiger partial charge in [0.2, 0.25) is 5.91 Å². The molecule has 1 aromatic carbocycles. The summed E-state index contributed by atoms with van der Waals surface area (Å²) in [6.07, 6.45) is 0. The van der Waals surface area contributed by atoms with E-state index in [1.165, 1.54) is 13.0 Å². The van der Waals surface area contributed by atoms with E-state index in [-0.39, 0.29) is 11.7 Å². The summed E-state index contributed by atoms with van der Waals surface area (Å²) < 4.78 is 0. The summed E-state index contributed by atoms with van der Waals surface area (Å²) >= 11 is 12.7. The first-order valence-electron chi connectivity index (χ1n) is 4.99. The van der Waals surface area contributed by atoms with Gasteiger partial charge in [-0.05, 0) is 25.1 Å². The number of carbonyl (C=O) groups is 2. The molecule has 1 unspecified atom stereocenters. The van der Waals surface area contributed by atoms with Crippen molar-refractivity contribution in [3.63, 3.8) is 0 Å². The van der Waals surface area contributed by atoms with Gasteiger partial charge in [-0.3, -0.25) is 9.59 Å². The third-order valence-corrected chi connectivity index (χ3v) is 3.71. The smallest absolute Gasteiger partial charge is 0.316 e. The third-order valence-electron chi connectivity index (χ3n) is 2.01. The summed E-state index contributed by atoms with van der Waals surface area (Å²) in [5.41, 5.74) is 0.415. The number of carbonyl (C=O) groups excluding carboxylic acids is 1. The molecule has 1 amide bonds. The maximum atomic E-state index is 11.6. The van der Waals surface area contributed by atoms with Crippen molar-refractivity contribution in [2.75, 3.05) is 11.1 Å². The van der Waals surface area contributed by atoms with Crippen molar-refractivity contribution in [3.8, 4) is 0 Å². The molecule has 0 saturated heterocycles. The van der Waals surface area contributed by atoms with E-state index in [0.717, 1.165) is 11.8 Å². The Morgan fingerprint density at radius 1 is 1.44 bits per heavy atom. The van der Waals surface area contributed by atoms with E-state index < -0.39 is 11.2 Å². The number of nitrogens with one attached hydrogen (secondary N) is 1. The first-order valence-corrected chi connectivity index (χ1v) is 6.80. The fourth-order valence-electron chi connectivity index (χ4n) is 1.05. The van der Waals surface area contributed by atoms with Crippen LogP contribution >= 0.6 is 35.0 Å². The van der Waals surface area contributed by atoms with Gasteiger partial charge in [0.05, 0.1) is 21.7 Å². The Morgan fingerprint density at radius 3 is 2.72 bits per heavy atom. The van der Waals surface area contributed by atoms with Crippen LogP contribution in [-0.4, -0.2) is 28.0 Å². The van der Waals surface area contributed by atoms with Crippen LogP contribution in [0.3, 0.4) is 0 Å². The molecule has 0 heterocycles. The summed E-state index contributed by atoms with van der Waals surface area (Å²) in [6, 6.07) is 4.72. The summed E-state index contributed by atoms with van der Waals surface area (Å²) in [5.74, 6) is -1.23. The molecule has 0 fully saturated rings. The minimum absolute atomic E-state index is 0.0380. The molecule has 2 N–H and O–H groups in total. The molecule has 18 heavy (non-hydrogen) atoms. The molecule has 1 atom stereocenters. The van der Waals surface area contributed by atoms with Crippen molar-refractivity contribution in [3.05, 3.63) is 28.2 Å². The fourth-order valence-corrected chi connectivity index (χ4v) is 2.00. The second-order valence-corrected chi connectivity index (χ2v) is 5.64. The van der Waals surface area contributed by atoms with E-state index in [2.05, 4.69) is 5.32 Å². The van der Waals surface area contributed by atoms with Gasteiger partial charge in [-0.25, -0.2) is 0 Å². The highest BCUT2D eigenvalue weighted by Gasteiger charge is 2.14. The average molecular weight is 308 g/mol. The summed E-state index contributed by atoms with van der Waals surface area (Å²) in [7, 11) is 0. The Morgan fingerprint density at radius 2 is 2.11 bits per heavy atom. The van der Waals surface area contributed by atoms with Gasteiger partial charge in [-0.15, -0.1) is 11.8 Å². The molecule has 0 radical (unpaired) electrons. The Bertz CT molecular complexity index is 468. The van der Waals surface area contributed by atoms with Crippen LogP contribution in [0.2, 0.25) is 10.0 Å². The third kappa shape index (κ3) is 4.76. The molecule has 0 aliphatic heterocycles. The van der Waals surface area contributed by atoms with Crippen LogP contribution in [0.15, 0.2) is 18.2 Å². The Labute approximate surface area is 119 Å². The number of rotatable bonds is 5. The fraction of sp³-hybridized carbons (Fsp3) is 0.273. The highest BCUT2D eigenvalue weighted by atomic mass is 35.5. The van der Waals surface area contributed by atoms with E-state index in [1.807, 2.05) is 0 Å². The lowest BCUT2D eigenvalue weighted by molar-refractivity contribution is -0.136. The predicted molar refractivity (Wildman–Crippen MR) is 74.6 cm³/mol. The van der Waals surface area contributed by atoms with Crippen molar-refractivity contribution < 1.29 is 14.7 Å². The number of thioether (sulfide) groups is 1. The second-order valence-electron chi connectivity index (χ2n) is 3.46. The number of anilines is 1. The molecule has 98 valence electrons. The molecule has 0 aliphatic carbocycles. The van der Waals surface area contributed by atoms with Crippen molar-refractivity contribution in [2.45, 2.75) is 12.2 Å². The summed E-state index contributed by atoms with van der Waals surface area (Å²) in [5, 5.41) is 11.5. The number of carboxylic acids is 1. The molecule has 0 aromatic heterocycles. The Balaban J connectivity index is 2.54. The van der Waals surface area contributed by atoms with Crippen molar-refractivity contribution >= 4 is 52.5 Å². The normalized spacial score (nSPS) is 11.9. The summed E-state index contributed by atoms with van der Waals surface area (Å²) in [4.78, 5) is 22.2. The maximum Gasteiger partial charge on any atom is 0.316 e. The van der Waals surface area contributed by atoms with E-state index in [0.29, 0.717) is 15.7 Å². The average Bonchev–Trinajstić information content (AvgIpc) is 2.30. The lowest BCUT2D eigenvalue weighted by atomic mass is 10.3. The van der Waals surface area contributed by atoms with Gasteiger partial charge < -0.3 is 10.4 Å². The monoisotopic (exact) mass is 307 g/mol. The molecule has 0 bridgehead atoms. The maximum absolute atomic E-state index is 11.6. The van der Waals surface area contributed by atoms with E-state index in [9.17, 15) is 9.59 Å². The van der Waals surface area contributed by atoms with Crippen molar-refractivity contribution in [2.24, 2.45) is 0 Å².